The van der Waals surface area contributed by atoms with E-state index >= 15 is 0 Å². The molecule has 0 aliphatic carbocycles. The summed E-state index contributed by atoms with van der Waals surface area (Å²) in [6.07, 6.45) is 0. The SMILES string of the molecule is Br.CC(N)C(N)=O. The quantitative estimate of drug-likeness (QED) is 0.550. The molecular formula is C3H9BrN2O. The summed E-state index contributed by atoms with van der Waals surface area (Å²) in [4.78, 5) is 9.80. The first kappa shape index (κ1) is 10.0. The van der Waals surface area contributed by atoms with Gasteiger partial charge in [-0.1, -0.05) is 0 Å². The third kappa shape index (κ3) is 5.91. The van der Waals surface area contributed by atoms with E-state index in [1.54, 1.807) is 6.92 Å². The average Bonchev–Trinajstić information content (AvgIpc) is 1.36. The van der Waals surface area contributed by atoms with E-state index in [-0.39, 0.29) is 17.0 Å². The van der Waals surface area contributed by atoms with Crippen LogP contribution in [-0.2, 0) is 4.79 Å². The van der Waals surface area contributed by atoms with Crippen molar-refractivity contribution < 1.29 is 4.79 Å². The van der Waals surface area contributed by atoms with Crippen molar-refractivity contribution >= 4 is 22.9 Å². The van der Waals surface area contributed by atoms with Crippen molar-refractivity contribution in [1.82, 2.24) is 0 Å². The average molecular weight is 169 g/mol. The maximum Gasteiger partial charge on any atom is 0.234 e. The molecule has 4 heteroatoms. The molecule has 1 amide bonds. The van der Waals surface area contributed by atoms with Gasteiger partial charge in [0.2, 0.25) is 5.91 Å². The number of nitrogens with two attached hydrogens (primary N) is 2. The van der Waals surface area contributed by atoms with E-state index < -0.39 is 11.9 Å². The normalized spacial score (nSPS) is 11.7. The molecule has 0 rings (SSSR count). The van der Waals surface area contributed by atoms with Gasteiger partial charge in [-0.2, -0.15) is 0 Å². The third-order valence-electron chi connectivity index (χ3n) is 0.449. The van der Waals surface area contributed by atoms with Gasteiger partial charge in [0.15, 0.2) is 0 Å². The summed E-state index contributed by atoms with van der Waals surface area (Å²) in [5, 5.41) is 0. The van der Waals surface area contributed by atoms with E-state index in [1.807, 2.05) is 0 Å². The van der Waals surface area contributed by atoms with Gasteiger partial charge in [0.05, 0.1) is 6.04 Å². The van der Waals surface area contributed by atoms with Crippen molar-refractivity contribution in [2.24, 2.45) is 11.5 Å². The fraction of sp³-hybridized carbons (Fsp3) is 0.667. The molecule has 0 bridgehead atoms. The molecule has 0 fully saturated rings. The van der Waals surface area contributed by atoms with Crippen LogP contribution in [0.3, 0.4) is 0 Å². The smallest absolute Gasteiger partial charge is 0.234 e. The molecule has 7 heavy (non-hydrogen) atoms. The van der Waals surface area contributed by atoms with E-state index in [1.165, 1.54) is 0 Å². The van der Waals surface area contributed by atoms with Crippen LogP contribution in [0.1, 0.15) is 6.92 Å². The lowest BCUT2D eigenvalue weighted by molar-refractivity contribution is -0.118. The van der Waals surface area contributed by atoms with Crippen molar-refractivity contribution in [3.63, 3.8) is 0 Å². The summed E-state index contributed by atoms with van der Waals surface area (Å²) in [5.74, 6) is -0.463. The van der Waals surface area contributed by atoms with Crippen LogP contribution < -0.4 is 11.5 Å². The van der Waals surface area contributed by atoms with E-state index in [0.29, 0.717) is 0 Å². The zero-order valence-corrected chi connectivity index (χ0v) is 5.76. The Morgan fingerprint density at radius 1 is 1.71 bits per heavy atom. The highest BCUT2D eigenvalue weighted by Crippen LogP contribution is 1.64. The molecule has 1 atom stereocenters. The zero-order chi connectivity index (χ0) is 5.15. The van der Waals surface area contributed by atoms with Crippen molar-refractivity contribution in [3.05, 3.63) is 0 Å². The summed E-state index contributed by atoms with van der Waals surface area (Å²) in [6.45, 7) is 1.54. The number of hydrogen-bond donors (Lipinski definition) is 2. The van der Waals surface area contributed by atoms with Gasteiger partial charge in [-0.15, -0.1) is 17.0 Å². The lowest BCUT2D eigenvalue weighted by Crippen LogP contribution is -2.32. The fourth-order valence-corrected chi connectivity index (χ4v) is 0. The first-order chi connectivity index (χ1) is 2.64. The molecular weight excluding hydrogens is 160 g/mol. The van der Waals surface area contributed by atoms with E-state index in [0.717, 1.165) is 0 Å². The number of amides is 1. The molecule has 0 aromatic heterocycles. The van der Waals surface area contributed by atoms with Crippen LogP contribution in [0, 0.1) is 0 Å². The minimum absolute atomic E-state index is 0. The maximum atomic E-state index is 9.80. The monoisotopic (exact) mass is 168 g/mol. The van der Waals surface area contributed by atoms with Crippen molar-refractivity contribution in [2.75, 3.05) is 0 Å². The van der Waals surface area contributed by atoms with Crippen LogP contribution in [-0.4, -0.2) is 11.9 Å². The maximum absolute atomic E-state index is 9.80. The van der Waals surface area contributed by atoms with Gasteiger partial charge >= 0.3 is 0 Å². The van der Waals surface area contributed by atoms with Crippen LogP contribution in [0.15, 0.2) is 0 Å². The van der Waals surface area contributed by atoms with Gasteiger partial charge < -0.3 is 11.5 Å². The Labute approximate surface area is 52.8 Å². The summed E-state index contributed by atoms with van der Waals surface area (Å²) in [5.41, 5.74) is 9.63. The summed E-state index contributed by atoms with van der Waals surface area (Å²) >= 11 is 0. The molecule has 3 nitrogen and oxygen atoms in total. The number of rotatable bonds is 1. The highest BCUT2D eigenvalue weighted by Gasteiger charge is 1.96. The second-order valence-electron chi connectivity index (χ2n) is 1.19. The standard InChI is InChI=1S/C3H8N2O.BrH/c1-2(4)3(5)6;/h2H,4H2,1H3,(H2,5,6);1H. The molecule has 0 heterocycles. The second kappa shape index (κ2) is 4.08. The van der Waals surface area contributed by atoms with Gasteiger partial charge in [-0.3, -0.25) is 4.79 Å². The highest BCUT2D eigenvalue weighted by atomic mass is 79.9. The first-order valence-electron chi connectivity index (χ1n) is 1.69. The van der Waals surface area contributed by atoms with E-state index in [4.69, 9.17) is 5.73 Å². The minimum Gasteiger partial charge on any atom is -0.368 e. The largest absolute Gasteiger partial charge is 0.368 e. The Morgan fingerprint density at radius 3 is 1.86 bits per heavy atom. The van der Waals surface area contributed by atoms with Crippen LogP contribution in [0.4, 0.5) is 0 Å². The molecule has 4 N–H and O–H groups in total. The molecule has 0 saturated carbocycles. The minimum atomic E-state index is -0.509. The Hall–Kier alpha value is -0.0900. The summed E-state index contributed by atoms with van der Waals surface area (Å²) in [7, 11) is 0. The van der Waals surface area contributed by atoms with Crippen molar-refractivity contribution in [2.45, 2.75) is 13.0 Å². The second-order valence-corrected chi connectivity index (χ2v) is 1.19. The molecule has 0 spiro atoms. The van der Waals surface area contributed by atoms with E-state index in [9.17, 15) is 4.79 Å². The number of carbonyl (C=O) groups is 1. The molecule has 0 aliphatic heterocycles. The zero-order valence-electron chi connectivity index (χ0n) is 4.05. The van der Waals surface area contributed by atoms with Crippen molar-refractivity contribution in [1.29, 1.82) is 0 Å². The third-order valence-corrected chi connectivity index (χ3v) is 0.449. The lowest BCUT2D eigenvalue weighted by Gasteiger charge is -1.91. The number of hydrogen-bond acceptors (Lipinski definition) is 2. The molecule has 0 aromatic carbocycles. The van der Waals surface area contributed by atoms with Gasteiger partial charge in [0, 0.05) is 0 Å². The van der Waals surface area contributed by atoms with Gasteiger partial charge in [-0.25, -0.2) is 0 Å². The van der Waals surface area contributed by atoms with E-state index in [2.05, 4.69) is 5.73 Å². The van der Waals surface area contributed by atoms with Crippen LogP contribution in [0.2, 0.25) is 0 Å². The topological polar surface area (TPSA) is 69.1 Å². The summed E-state index contributed by atoms with van der Waals surface area (Å²) in [6, 6.07) is -0.509. The van der Waals surface area contributed by atoms with Crippen molar-refractivity contribution in [3.8, 4) is 0 Å². The molecule has 0 radical (unpaired) electrons. The summed E-state index contributed by atoms with van der Waals surface area (Å²) < 4.78 is 0. The van der Waals surface area contributed by atoms with Crippen LogP contribution in [0.25, 0.3) is 0 Å². The number of primary amides is 1. The molecule has 0 saturated heterocycles. The Morgan fingerprint density at radius 2 is 1.86 bits per heavy atom. The van der Waals surface area contributed by atoms with Crippen LogP contribution >= 0.6 is 17.0 Å². The predicted octanol–water partition coefficient (Wildman–Crippen LogP) is -0.603. The Bertz CT molecular complexity index is 64.0. The molecule has 0 aliphatic rings. The predicted molar refractivity (Wildman–Crippen MR) is 33.2 cm³/mol. The Kier molecular flexibility index (Phi) is 5.83. The molecule has 44 valence electrons. The highest BCUT2D eigenvalue weighted by molar-refractivity contribution is 8.93. The van der Waals surface area contributed by atoms with Gasteiger partial charge in [0.1, 0.15) is 0 Å². The molecule has 1 unspecified atom stereocenters. The number of carbonyl (C=O) groups excluding carboxylic acids is 1. The van der Waals surface area contributed by atoms with Gasteiger partial charge in [-0.05, 0) is 6.92 Å². The lowest BCUT2D eigenvalue weighted by atomic mass is 10.4. The van der Waals surface area contributed by atoms with Crippen LogP contribution in [0.5, 0.6) is 0 Å². The van der Waals surface area contributed by atoms with Gasteiger partial charge in [0.25, 0.3) is 0 Å². The first-order valence-corrected chi connectivity index (χ1v) is 1.69. The number of halogens is 1. The fourth-order valence-electron chi connectivity index (χ4n) is 0. The molecule has 0 aromatic rings. The Balaban J connectivity index is 0.